The average Bonchev–Trinajstić information content (AvgIpc) is 2.49. The third-order valence-corrected chi connectivity index (χ3v) is 3.02. The van der Waals surface area contributed by atoms with Gasteiger partial charge in [0, 0.05) is 16.8 Å². The van der Waals surface area contributed by atoms with Crippen molar-refractivity contribution >= 4 is 40.8 Å². The Balaban J connectivity index is 1.88. The van der Waals surface area contributed by atoms with Crippen LogP contribution in [-0.4, -0.2) is 18.4 Å². The monoisotopic (exact) mass is 319 g/mol. The van der Waals surface area contributed by atoms with Crippen molar-refractivity contribution < 1.29 is 4.74 Å². The van der Waals surface area contributed by atoms with Crippen LogP contribution in [0, 0.1) is 0 Å². The number of thiocarbonyl (C=S) groups is 1. The van der Waals surface area contributed by atoms with Crippen LogP contribution in [0.1, 0.15) is 5.56 Å². The molecule has 0 spiro atoms. The van der Waals surface area contributed by atoms with Crippen molar-refractivity contribution in [3.8, 4) is 5.75 Å². The van der Waals surface area contributed by atoms with Gasteiger partial charge >= 0.3 is 0 Å². The number of benzene rings is 2. The SMILES string of the molecule is COc1cccc(NC(=S)N/N=C\c2ccc(Cl)cc2)c1. The summed E-state index contributed by atoms with van der Waals surface area (Å²) in [7, 11) is 1.62. The van der Waals surface area contributed by atoms with Gasteiger partial charge in [0.1, 0.15) is 5.75 Å². The van der Waals surface area contributed by atoms with E-state index in [1.807, 2.05) is 36.4 Å². The van der Waals surface area contributed by atoms with E-state index in [9.17, 15) is 0 Å². The minimum absolute atomic E-state index is 0.397. The zero-order valence-electron chi connectivity index (χ0n) is 11.3. The third kappa shape index (κ3) is 5.06. The molecule has 2 aromatic carbocycles. The van der Waals surface area contributed by atoms with Crippen LogP contribution in [0.4, 0.5) is 5.69 Å². The van der Waals surface area contributed by atoms with Crippen LogP contribution in [-0.2, 0) is 0 Å². The molecule has 0 aliphatic heterocycles. The van der Waals surface area contributed by atoms with Gasteiger partial charge < -0.3 is 10.1 Å². The second kappa shape index (κ2) is 7.61. The second-order valence-electron chi connectivity index (χ2n) is 4.11. The van der Waals surface area contributed by atoms with Crippen molar-refractivity contribution in [3.63, 3.8) is 0 Å². The Kier molecular flexibility index (Phi) is 5.54. The molecule has 21 heavy (non-hydrogen) atoms. The lowest BCUT2D eigenvalue weighted by molar-refractivity contribution is 0.415. The Morgan fingerprint density at radius 3 is 2.71 bits per heavy atom. The maximum Gasteiger partial charge on any atom is 0.191 e. The van der Waals surface area contributed by atoms with Crippen LogP contribution in [0.3, 0.4) is 0 Å². The zero-order chi connectivity index (χ0) is 15.1. The Hall–Kier alpha value is -2.11. The largest absolute Gasteiger partial charge is 0.497 e. The first kappa shape index (κ1) is 15.3. The predicted octanol–water partition coefficient (Wildman–Crippen LogP) is 3.67. The summed E-state index contributed by atoms with van der Waals surface area (Å²) in [6, 6.07) is 14.8. The molecule has 0 saturated heterocycles. The molecule has 0 aliphatic rings. The van der Waals surface area contributed by atoms with Crippen molar-refractivity contribution in [2.75, 3.05) is 12.4 Å². The van der Waals surface area contributed by atoms with Gasteiger partial charge in [0.05, 0.1) is 13.3 Å². The number of nitrogens with one attached hydrogen (secondary N) is 2. The summed E-state index contributed by atoms with van der Waals surface area (Å²) in [5.41, 5.74) is 4.50. The minimum Gasteiger partial charge on any atom is -0.497 e. The molecule has 0 aromatic heterocycles. The van der Waals surface area contributed by atoms with Gasteiger partial charge in [-0.15, -0.1) is 0 Å². The highest BCUT2D eigenvalue weighted by Crippen LogP contribution is 2.16. The van der Waals surface area contributed by atoms with Gasteiger partial charge in [-0.2, -0.15) is 5.10 Å². The van der Waals surface area contributed by atoms with E-state index in [-0.39, 0.29) is 0 Å². The summed E-state index contributed by atoms with van der Waals surface area (Å²) in [6.45, 7) is 0. The van der Waals surface area contributed by atoms with Crippen molar-refractivity contribution in [2.24, 2.45) is 5.10 Å². The molecule has 6 heteroatoms. The average molecular weight is 320 g/mol. The first-order valence-corrected chi connectivity index (χ1v) is 6.95. The van der Waals surface area contributed by atoms with E-state index in [1.165, 1.54) is 0 Å². The molecule has 0 atom stereocenters. The molecular formula is C15H14ClN3OS. The van der Waals surface area contributed by atoms with Crippen molar-refractivity contribution in [2.45, 2.75) is 0 Å². The highest BCUT2D eigenvalue weighted by molar-refractivity contribution is 7.80. The van der Waals surface area contributed by atoms with Crippen molar-refractivity contribution in [3.05, 3.63) is 59.1 Å². The van der Waals surface area contributed by atoms with Crippen LogP contribution in [0.25, 0.3) is 0 Å². The fourth-order valence-corrected chi connectivity index (χ4v) is 1.87. The Bertz CT molecular complexity index is 644. The summed E-state index contributed by atoms with van der Waals surface area (Å²) in [4.78, 5) is 0. The molecule has 0 radical (unpaired) electrons. The third-order valence-electron chi connectivity index (χ3n) is 2.58. The van der Waals surface area contributed by atoms with E-state index >= 15 is 0 Å². The predicted molar refractivity (Wildman–Crippen MR) is 91.4 cm³/mol. The quantitative estimate of drug-likeness (QED) is 0.513. The van der Waals surface area contributed by atoms with Crippen molar-refractivity contribution in [1.29, 1.82) is 0 Å². The molecule has 0 amide bonds. The first-order valence-electron chi connectivity index (χ1n) is 6.17. The number of ether oxygens (including phenoxy) is 1. The molecule has 0 fully saturated rings. The van der Waals surface area contributed by atoms with Gasteiger partial charge in [0.25, 0.3) is 0 Å². The molecule has 0 bridgehead atoms. The number of rotatable bonds is 4. The van der Waals surface area contributed by atoms with E-state index in [0.717, 1.165) is 17.0 Å². The van der Waals surface area contributed by atoms with Crippen LogP contribution in [0.15, 0.2) is 53.6 Å². The van der Waals surface area contributed by atoms with E-state index in [1.54, 1.807) is 25.5 Å². The molecule has 2 aromatic rings. The Labute approximate surface area is 133 Å². The zero-order valence-corrected chi connectivity index (χ0v) is 12.9. The molecule has 0 saturated carbocycles. The van der Waals surface area contributed by atoms with Gasteiger partial charge in [0.15, 0.2) is 5.11 Å². The topological polar surface area (TPSA) is 45.6 Å². The van der Waals surface area contributed by atoms with Gasteiger partial charge in [-0.25, -0.2) is 0 Å². The van der Waals surface area contributed by atoms with Crippen LogP contribution < -0.4 is 15.5 Å². The molecule has 0 aliphatic carbocycles. The lowest BCUT2D eigenvalue weighted by Gasteiger charge is -2.08. The van der Waals surface area contributed by atoms with Crippen LogP contribution in [0.5, 0.6) is 5.75 Å². The smallest absolute Gasteiger partial charge is 0.191 e. The summed E-state index contributed by atoms with van der Waals surface area (Å²) in [5, 5.41) is 8.16. The Morgan fingerprint density at radius 2 is 2.00 bits per heavy atom. The van der Waals surface area contributed by atoms with Gasteiger partial charge in [-0.05, 0) is 42.0 Å². The standard InChI is InChI=1S/C15H14ClN3OS/c1-20-14-4-2-3-13(9-14)18-15(21)19-17-10-11-5-7-12(16)8-6-11/h2-10H,1H3,(H2,18,19,21)/b17-10-. The van der Waals surface area contributed by atoms with E-state index in [2.05, 4.69) is 15.8 Å². The highest BCUT2D eigenvalue weighted by atomic mass is 35.5. The number of hydrazone groups is 1. The molecule has 0 unspecified atom stereocenters. The van der Waals surface area contributed by atoms with Gasteiger partial charge in [-0.3, -0.25) is 5.43 Å². The second-order valence-corrected chi connectivity index (χ2v) is 4.95. The molecule has 2 rings (SSSR count). The Morgan fingerprint density at radius 1 is 1.24 bits per heavy atom. The fraction of sp³-hybridized carbons (Fsp3) is 0.0667. The number of nitrogens with zero attached hydrogens (tertiary/aromatic N) is 1. The number of halogens is 1. The summed E-state index contributed by atoms with van der Waals surface area (Å²) in [5.74, 6) is 0.757. The maximum atomic E-state index is 5.81. The van der Waals surface area contributed by atoms with Crippen LogP contribution in [0.2, 0.25) is 5.02 Å². The highest BCUT2D eigenvalue weighted by Gasteiger charge is 1.98. The lowest BCUT2D eigenvalue weighted by Crippen LogP contribution is -2.23. The van der Waals surface area contributed by atoms with Crippen LogP contribution >= 0.6 is 23.8 Å². The fourth-order valence-electron chi connectivity index (χ4n) is 1.57. The van der Waals surface area contributed by atoms with E-state index in [4.69, 9.17) is 28.6 Å². The molecule has 0 heterocycles. The normalized spacial score (nSPS) is 10.4. The van der Waals surface area contributed by atoms with E-state index in [0.29, 0.717) is 10.1 Å². The maximum absolute atomic E-state index is 5.81. The van der Waals surface area contributed by atoms with Crippen molar-refractivity contribution in [1.82, 2.24) is 5.43 Å². The summed E-state index contributed by atoms with van der Waals surface area (Å²) >= 11 is 11.0. The number of hydrogen-bond acceptors (Lipinski definition) is 3. The van der Waals surface area contributed by atoms with Gasteiger partial charge in [0.2, 0.25) is 0 Å². The molecule has 4 nitrogen and oxygen atoms in total. The summed E-state index contributed by atoms with van der Waals surface area (Å²) < 4.78 is 5.14. The molecular weight excluding hydrogens is 306 g/mol. The lowest BCUT2D eigenvalue weighted by atomic mass is 10.2. The minimum atomic E-state index is 0.397. The first-order chi connectivity index (χ1) is 10.2. The number of methoxy groups -OCH3 is 1. The molecule has 2 N–H and O–H groups in total. The number of anilines is 1. The summed E-state index contributed by atoms with van der Waals surface area (Å²) in [6.07, 6.45) is 1.66. The van der Waals surface area contributed by atoms with E-state index < -0.39 is 0 Å². The van der Waals surface area contributed by atoms with Gasteiger partial charge in [-0.1, -0.05) is 29.8 Å². The number of hydrogen-bond donors (Lipinski definition) is 2. The molecule has 108 valence electrons.